The van der Waals surface area contributed by atoms with E-state index in [9.17, 15) is 0 Å². The molecule has 0 bridgehead atoms. The lowest BCUT2D eigenvalue weighted by molar-refractivity contribution is -0.300. The van der Waals surface area contributed by atoms with Gasteiger partial charge in [-0.05, 0) is 39.3 Å². The maximum atomic E-state index is 5.85. The van der Waals surface area contributed by atoms with Crippen molar-refractivity contribution >= 4 is 6.72 Å². The van der Waals surface area contributed by atoms with Crippen LogP contribution >= 0.6 is 0 Å². The summed E-state index contributed by atoms with van der Waals surface area (Å²) in [6, 6.07) is 0.298. The molecule has 0 aromatic heterocycles. The SMILES string of the molecule is C=N[C@@H]1CCCC(C)C12COC(C)(C)OC2. The van der Waals surface area contributed by atoms with Crippen molar-refractivity contribution in [2.24, 2.45) is 16.3 Å². The predicted octanol–water partition coefficient (Wildman–Crippen LogP) is 2.64. The summed E-state index contributed by atoms with van der Waals surface area (Å²) in [5, 5.41) is 0. The van der Waals surface area contributed by atoms with Gasteiger partial charge in [-0.25, -0.2) is 0 Å². The molecule has 1 aliphatic carbocycles. The third-order valence-electron chi connectivity index (χ3n) is 4.36. The first-order valence-corrected chi connectivity index (χ1v) is 6.24. The van der Waals surface area contributed by atoms with Crippen LogP contribution in [0.25, 0.3) is 0 Å². The molecule has 1 heterocycles. The topological polar surface area (TPSA) is 30.8 Å². The standard InChI is InChI=1S/C13H23NO2/c1-10-6-5-7-11(14-4)13(10)8-15-12(2,3)16-9-13/h10-11H,4-9H2,1-3H3/t10?,11-/m1/s1. The second-order valence-electron chi connectivity index (χ2n) is 5.74. The first-order chi connectivity index (χ1) is 7.50. The summed E-state index contributed by atoms with van der Waals surface area (Å²) < 4.78 is 11.7. The van der Waals surface area contributed by atoms with E-state index in [2.05, 4.69) is 18.6 Å². The molecule has 2 fully saturated rings. The van der Waals surface area contributed by atoms with Gasteiger partial charge in [-0.2, -0.15) is 0 Å². The Hall–Kier alpha value is -0.410. The zero-order valence-corrected chi connectivity index (χ0v) is 10.7. The van der Waals surface area contributed by atoms with Crippen LogP contribution in [0.2, 0.25) is 0 Å². The molecule has 2 aliphatic rings. The molecule has 0 radical (unpaired) electrons. The highest BCUT2D eigenvalue weighted by Crippen LogP contribution is 2.46. The molecule has 1 aliphatic heterocycles. The first kappa shape index (κ1) is 12.1. The summed E-state index contributed by atoms with van der Waals surface area (Å²) in [6.07, 6.45) is 3.62. The van der Waals surface area contributed by atoms with Gasteiger partial charge < -0.3 is 9.47 Å². The van der Waals surface area contributed by atoms with E-state index in [4.69, 9.17) is 9.47 Å². The minimum absolute atomic E-state index is 0.0650. The van der Waals surface area contributed by atoms with Crippen LogP contribution in [-0.2, 0) is 9.47 Å². The van der Waals surface area contributed by atoms with Crippen LogP contribution in [0.4, 0.5) is 0 Å². The van der Waals surface area contributed by atoms with Gasteiger partial charge in [-0.1, -0.05) is 13.3 Å². The molecule has 3 nitrogen and oxygen atoms in total. The van der Waals surface area contributed by atoms with Crippen molar-refractivity contribution in [1.82, 2.24) is 0 Å². The highest BCUT2D eigenvalue weighted by molar-refractivity contribution is 5.25. The Kier molecular flexibility index (Phi) is 3.10. The van der Waals surface area contributed by atoms with E-state index in [0.717, 1.165) is 19.6 Å². The molecule has 0 aromatic carbocycles. The van der Waals surface area contributed by atoms with Crippen LogP contribution in [0.1, 0.15) is 40.0 Å². The largest absolute Gasteiger partial charge is 0.350 e. The van der Waals surface area contributed by atoms with E-state index >= 15 is 0 Å². The summed E-state index contributed by atoms with van der Waals surface area (Å²) in [5.74, 6) is 0.168. The molecular weight excluding hydrogens is 202 g/mol. The van der Waals surface area contributed by atoms with Crippen LogP contribution < -0.4 is 0 Å². The Balaban J connectivity index is 2.17. The number of nitrogens with zero attached hydrogens (tertiary/aromatic N) is 1. The van der Waals surface area contributed by atoms with Crippen molar-refractivity contribution in [2.45, 2.75) is 51.9 Å². The fraction of sp³-hybridized carbons (Fsp3) is 0.923. The summed E-state index contributed by atoms with van der Waals surface area (Å²) in [7, 11) is 0. The monoisotopic (exact) mass is 225 g/mol. The molecule has 1 saturated heterocycles. The minimum atomic E-state index is -0.436. The quantitative estimate of drug-likeness (QED) is 0.642. The fourth-order valence-corrected chi connectivity index (χ4v) is 2.97. The van der Waals surface area contributed by atoms with Crippen molar-refractivity contribution in [1.29, 1.82) is 0 Å². The van der Waals surface area contributed by atoms with Crippen molar-refractivity contribution in [2.75, 3.05) is 13.2 Å². The van der Waals surface area contributed by atoms with Crippen molar-refractivity contribution < 1.29 is 9.47 Å². The summed E-state index contributed by atoms with van der Waals surface area (Å²) in [4.78, 5) is 4.31. The lowest BCUT2D eigenvalue weighted by Gasteiger charge is -2.51. The zero-order valence-electron chi connectivity index (χ0n) is 10.7. The van der Waals surface area contributed by atoms with Gasteiger partial charge in [-0.3, -0.25) is 4.99 Å². The van der Waals surface area contributed by atoms with Crippen LogP contribution in [0.3, 0.4) is 0 Å². The number of ether oxygens (including phenoxy) is 2. The molecule has 3 heteroatoms. The molecule has 0 N–H and O–H groups in total. The molecule has 1 unspecified atom stereocenters. The van der Waals surface area contributed by atoms with E-state index < -0.39 is 5.79 Å². The van der Waals surface area contributed by atoms with Gasteiger partial charge in [0.1, 0.15) is 0 Å². The smallest absolute Gasteiger partial charge is 0.162 e. The first-order valence-electron chi connectivity index (χ1n) is 6.24. The number of aliphatic imine (C=N–C) groups is 1. The molecule has 1 spiro atoms. The van der Waals surface area contributed by atoms with Crippen LogP contribution in [-0.4, -0.2) is 31.8 Å². The van der Waals surface area contributed by atoms with Gasteiger partial charge in [0.2, 0.25) is 0 Å². The average Bonchev–Trinajstić information content (AvgIpc) is 2.25. The summed E-state index contributed by atoms with van der Waals surface area (Å²) >= 11 is 0. The number of rotatable bonds is 1. The summed E-state index contributed by atoms with van der Waals surface area (Å²) in [5.41, 5.74) is 0.0650. The minimum Gasteiger partial charge on any atom is -0.350 e. The Morgan fingerprint density at radius 3 is 2.38 bits per heavy atom. The number of hydrogen-bond acceptors (Lipinski definition) is 3. The molecule has 1 saturated carbocycles. The van der Waals surface area contributed by atoms with Gasteiger partial charge in [0.25, 0.3) is 0 Å². The molecule has 0 aromatic rings. The second-order valence-corrected chi connectivity index (χ2v) is 5.74. The lowest BCUT2D eigenvalue weighted by atomic mass is 9.64. The number of hydrogen-bond donors (Lipinski definition) is 0. The molecule has 2 atom stereocenters. The van der Waals surface area contributed by atoms with Crippen molar-refractivity contribution in [3.8, 4) is 0 Å². The van der Waals surface area contributed by atoms with Gasteiger partial charge in [0, 0.05) is 5.41 Å². The molecular formula is C13H23NO2. The molecule has 16 heavy (non-hydrogen) atoms. The van der Waals surface area contributed by atoms with E-state index in [1.165, 1.54) is 12.8 Å². The van der Waals surface area contributed by atoms with Gasteiger partial charge in [0.15, 0.2) is 5.79 Å². The van der Waals surface area contributed by atoms with E-state index in [1.807, 2.05) is 13.8 Å². The third-order valence-corrected chi connectivity index (χ3v) is 4.36. The Labute approximate surface area is 98.2 Å². The zero-order chi connectivity index (χ0) is 11.8. The molecule has 0 amide bonds. The van der Waals surface area contributed by atoms with Crippen LogP contribution in [0.5, 0.6) is 0 Å². The van der Waals surface area contributed by atoms with Gasteiger partial charge in [0.05, 0.1) is 19.3 Å². The Bertz CT molecular complexity index is 265. The molecule has 2 rings (SSSR count). The maximum absolute atomic E-state index is 5.85. The average molecular weight is 225 g/mol. The van der Waals surface area contributed by atoms with Gasteiger partial charge in [-0.15, -0.1) is 0 Å². The third kappa shape index (κ3) is 1.91. The highest BCUT2D eigenvalue weighted by Gasteiger charge is 2.50. The van der Waals surface area contributed by atoms with E-state index in [-0.39, 0.29) is 5.41 Å². The fourth-order valence-electron chi connectivity index (χ4n) is 2.97. The lowest BCUT2D eigenvalue weighted by Crippen LogP contribution is -2.56. The van der Waals surface area contributed by atoms with Crippen molar-refractivity contribution in [3.63, 3.8) is 0 Å². The van der Waals surface area contributed by atoms with E-state index in [1.54, 1.807) is 0 Å². The summed E-state index contributed by atoms with van der Waals surface area (Å²) in [6.45, 7) is 11.5. The maximum Gasteiger partial charge on any atom is 0.162 e. The van der Waals surface area contributed by atoms with Crippen LogP contribution in [0.15, 0.2) is 4.99 Å². The highest BCUT2D eigenvalue weighted by atomic mass is 16.7. The van der Waals surface area contributed by atoms with Gasteiger partial charge >= 0.3 is 0 Å². The Morgan fingerprint density at radius 1 is 1.19 bits per heavy atom. The second kappa shape index (κ2) is 4.11. The Morgan fingerprint density at radius 2 is 1.81 bits per heavy atom. The van der Waals surface area contributed by atoms with Crippen LogP contribution in [0, 0.1) is 11.3 Å². The predicted molar refractivity (Wildman–Crippen MR) is 64.8 cm³/mol. The van der Waals surface area contributed by atoms with Crippen molar-refractivity contribution in [3.05, 3.63) is 0 Å². The normalized spacial score (nSPS) is 37.2. The van der Waals surface area contributed by atoms with E-state index in [0.29, 0.717) is 12.0 Å². The molecule has 92 valence electrons.